The van der Waals surface area contributed by atoms with E-state index in [0.29, 0.717) is 12.0 Å². The van der Waals surface area contributed by atoms with Crippen LogP contribution in [0.2, 0.25) is 0 Å². The molecule has 1 aromatic rings. The molecule has 1 aliphatic carbocycles. The summed E-state index contributed by atoms with van der Waals surface area (Å²) in [6, 6.07) is 6.50. The summed E-state index contributed by atoms with van der Waals surface area (Å²) in [4.78, 5) is 31.3. The van der Waals surface area contributed by atoms with Crippen molar-refractivity contribution in [2.75, 3.05) is 0 Å². The lowest BCUT2D eigenvalue weighted by atomic mass is 10.0. The molecule has 1 saturated carbocycles. The van der Waals surface area contributed by atoms with Crippen LogP contribution in [0.4, 0.5) is 0 Å². The van der Waals surface area contributed by atoms with Crippen LogP contribution < -0.4 is 11.5 Å². The van der Waals surface area contributed by atoms with Crippen LogP contribution in [0.15, 0.2) is 24.3 Å². The van der Waals surface area contributed by atoms with E-state index in [2.05, 4.69) is 5.73 Å². The van der Waals surface area contributed by atoms with E-state index < -0.39 is 5.91 Å². The number of benzene rings is 1. The van der Waals surface area contributed by atoms with Crippen molar-refractivity contribution in [3.05, 3.63) is 35.4 Å². The Bertz CT molecular complexity index is 464. The average molecular weight is 320 g/mol. The number of hydrogen-bond donors (Lipinski definition) is 2. The first kappa shape index (κ1) is 20.8. The van der Waals surface area contributed by atoms with Crippen LogP contribution in [0, 0.1) is 0 Å². The quantitative estimate of drug-likeness (QED) is 0.836. The highest BCUT2D eigenvalue weighted by Crippen LogP contribution is 2.15. The van der Waals surface area contributed by atoms with Gasteiger partial charge in [0.25, 0.3) is 0 Å². The summed E-state index contributed by atoms with van der Waals surface area (Å²) >= 11 is 0. The highest BCUT2D eigenvalue weighted by atomic mass is 16.1. The molecular formula is C18H28N2O3. The third-order valence-electron chi connectivity index (χ3n) is 3.42. The van der Waals surface area contributed by atoms with E-state index in [-0.39, 0.29) is 17.3 Å². The number of Topliss-reactive ketones (excluding diaryl/α,β-unsaturated/α-hetero) is 1. The molecule has 2 rings (SSSR count). The maximum absolute atomic E-state index is 11.0. The van der Waals surface area contributed by atoms with Crippen molar-refractivity contribution in [2.45, 2.75) is 58.8 Å². The Morgan fingerprint density at radius 1 is 0.870 bits per heavy atom. The van der Waals surface area contributed by atoms with Crippen LogP contribution in [0.1, 0.15) is 79.5 Å². The van der Waals surface area contributed by atoms with Crippen LogP contribution in [0.5, 0.6) is 0 Å². The summed E-state index contributed by atoms with van der Waals surface area (Å²) in [5.41, 5.74) is 10.4. The highest BCUT2D eigenvalue weighted by Gasteiger charge is 2.09. The lowest BCUT2D eigenvalue weighted by Crippen LogP contribution is -2.15. The van der Waals surface area contributed by atoms with Gasteiger partial charge in [0.2, 0.25) is 11.8 Å². The molecule has 4 N–H and O–H groups in total. The van der Waals surface area contributed by atoms with Crippen LogP contribution in [0.25, 0.3) is 0 Å². The minimum Gasteiger partial charge on any atom is -0.370 e. The summed E-state index contributed by atoms with van der Waals surface area (Å²) in [6.07, 6.45) is 9.44. The van der Waals surface area contributed by atoms with E-state index in [1.165, 1.54) is 45.4 Å². The zero-order valence-corrected chi connectivity index (χ0v) is 14.1. The molecule has 2 amide bonds. The standard InChI is InChI=1S/C9H9NO2.C6H12.C3H7NO/c1-6(11)7-4-2-3-5-8(7)9(10)12;1-2-4-6-5-3-1;1-2-3(4)5/h2-5H,1H3,(H2,10,12);1-6H2;2H2,1H3,(H2,4,5). The monoisotopic (exact) mass is 320 g/mol. The van der Waals surface area contributed by atoms with Gasteiger partial charge in [-0.25, -0.2) is 0 Å². The smallest absolute Gasteiger partial charge is 0.249 e. The predicted octanol–water partition coefficient (Wildman–Crippen LogP) is 3.21. The second kappa shape index (κ2) is 12.4. The molecule has 0 aromatic heterocycles. The fraction of sp³-hybridized carbons (Fsp3) is 0.500. The van der Waals surface area contributed by atoms with E-state index in [4.69, 9.17) is 5.73 Å². The molecule has 0 bridgehead atoms. The molecule has 0 heterocycles. The molecule has 0 aliphatic heterocycles. The Balaban J connectivity index is 0.000000367. The first-order valence-electron chi connectivity index (χ1n) is 8.08. The summed E-state index contributed by atoms with van der Waals surface area (Å²) in [5.74, 6) is -0.963. The maximum atomic E-state index is 11.0. The predicted molar refractivity (Wildman–Crippen MR) is 92.2 cm³/mol. The first-order valence-corrected chi connectivity index (χ1v) is 8.08. The number of ketones is 1. The van der Waals surface area contributed by atoms with E-state index >= 15 is 0 Å². The first-order chi connectivity index (χ1) is 10.9. The lowest BCUT2D eigenvalue weighted by Gasteiger charge is -2.05. The molecule has 1 aliphatic rings. The summed E-state index contributed by atoms with van der Waals surface area (Å²) < 4.78 is 0. The number of hydrogen-bond acceptors (Lipinski definition) is 3. The van der Waals surface area contributed by atoms with Gasteiger partial charge >= 0.3 is 0 Å². The fourth-order valence-electron chi connectivity index (χ4n) is 2.07. The molecule has 128 valence electrons. The largest absolute Gasteiger partial charge is 0.370 e. The van der Waals surface area contributed by atoms with Crippen molar-refractivity contribution >= 4 is 17.6 Å². The third-order valence-corrected chi connectivity index (χ3v) is 3.42. The van der Waals surface area contributed by atoms with Crippen molar-refractivity contribution < 1.29 is 14.4 Å². The van der Waals surface area contributed by atoms with Crippen LogP contribution in [-0.2, 0) is 4.79 Å². The van der Waals surface area contributed by atoms with Gasteiger partial charge < -0.3 is 11.5 Å². The van der Waals surface area contributed by atoms with Crippen molar-refractivity contribution in [3.8, 4) is 0 Å². The van der Waals surface area contributed by atoms with Gasteiger partial charge in [-0.1, -0.05) is 63.6 Å². The van der Waals surface area contributed by atoms with Crippen molar-refractivity contribution in [2.24, 2.45) is 11.5 Å². The van der Waals surface area contributed by atoms with E-state index in [1.807, 2.05) is 0 Å². The van der Waals surface area contributed by atoms with Crippen LogP contribution >= 0.6 is 0 Å². The molecule has 23 heavy (non-hydrogen) atoms. The van der Waals surface area contributed by atoms with Gasteiger partial charge in [0.15, 0.2) is 5.78 Å². The molecule has 0 saturated heterocycles. The number of carbonyl (C=O) groups is 3. The second-order valence-electron chi connectivity index (χ2n) is 5.41. The van der Waals surface area contributed by atoms with Gasteiger partial charge in [-0.3, -0.25) is 14.4 Å². The molecule has 1 aromatic carbocycles. The van der Waals surface area contributed by atoms with E-state index in [1.54, 1.807) is 31.2 Å². The highest BCUT2D eigenvalue weighted by molar-refractivity contribution is 6.06. The van der Waals surface area contributed by atoms with Gasteiger partial charge in [0.05, 0.1) is 0 Å². The van der Waals surface area contributed by atoms with Gasteiger partial charge in [0.1, 0.15) is 0 Å². The zero-order chi connectivity index (χ0) is 17.7. The third kappa shape index (κ3) is 10.2. The Morgan fingerprint density at radius 3 is 1.43 bits per heavy atom. The van der Waals surface area contributed by atoms with Gasteiger partial charge in [-0.15, -0.1) is 0 Å². The number of rotatable bonds is 3. The van der Waals surface area contributed by atoms with Crippen LogP contribution in [0.3, 0.4) is 0 Å². The summed E-state index contributed by atoms with van der Waals surface area (Å²) in [5, 5.41) is 0. The molecule has 0 atom stereocenters. The summed E-state index contributed by atoms with van der Waals surface area (Å²) in [7, 11) is 0. The average Bonchev–Trinajstić information content (AvgIpc) is 2.57. The van der Waals surface area contributed by atoms with Gasteiger partial charge in [0, 0.05) is 17.5 Å². The van der Waals surface area contributed by atoms with Gasteiger partial charge in [-0.2, -0.15) is 0 Å². The molecule has 1 fully saturated rings. The molecule has 0 unspecified atom stereocenters. The van der Waals surface area contributed by atoms with Crippen molar-refractivity contribution in [1.29, 1.82) is 0 Å². The summed E-state index contributed by atoms with van der Waals surface area (Å²) in [6.45, 7) is 3.13. The number of primary amides is 2. The zero-order valence-electron chi connectivity index (χ0n) is 14.1. The number of carbonyl (C=O) groups excluding carboxylic acids is 3. The molecule has 5 heteroatoms. The number of amides is 2. The van der Waals surface area contributed by atoms with Crippen molar-refractivity contribution in [1.82, 2.24) is 0 Å². The SMILES string of the molecule is C1CCCCC1.CC(=O)c1ccccc1C(N)=O.CCC(N)=O. The molecule has 0 spiro atoms. The lowest BCUT2D eigenvalue weighted by molar-refractivity contribution is -0.117. The minimum atomic E-state index is -0.569. The molecule has 5 nitrogen and oxygen atoms in total. The molecular weight excluding hydrogens is 292 g/mol. The fourth-order valence-corrected chi connectivity index (χ4v) is 2.07. The van der Waals surface area contributed by atoms with E-state index in [9.17, 15) is 14.4 Å². The maximum Gasteiger partial charge on any atom is 0.249 e. The topological polar surface area (TPSA) is 103 Å². The Kier molecular flexibility index (Phi) is 11.2. The normalized spacial score (nSPS) is 12.8. The van der Waals surface area contributed by atoms with Gasteiger partial charge in [-0.05, 0) is 13.0 Å². The Morgan fingerprint density at radius 2 is 1.22 bits per heavy atom. The van der Waals surface area contributed by atoms with Crippen LogP contribution in [-0.4, -0.2) is 17.6 Å². The van der Waals surface area contributed by atoms with E-state index in [0.717, 1.165) is 0 Å². The van der Waals surface area contributed by atoms with Crippen molar-refractivity contribution in [3.63, 3.8) is 0 Å². The minimum absolute atomic E-state index is 0.149. The Labute approximate surface area is 138 Å². The second-order valence-corrected chi connectivity index (χ2v) is 5.41. The Hall–Kier alpha value is -2.17. The molecule has 0 radical (unpaired) electrons. The number of nitrogens with two attached hydrogens (primary N) is 2.